The molecule has 0 aliphatic carbocycles. The summed E-state index contributed by atoms with van der Waals surface area (Å²) >= 11 is 0. The van der Waals surface area contributed by atoms with Crippen LogP contribution < -0.4 is 10.6 Å². The average molecular weight is 666 g/mol. The third kappa shape index (κ3) is 6.00. The Hall–Kier alpha value is -4.98. The van der Waals surface area contributed by atoms with Gasteiger partial charge in [0.25, 0.3) is 0 Å². The third-order valence-corrected chi connectivity index (χ3v) is 9.25. The number of benzene rings is 2. The van der Waals surface area contributed by atoms with E-state index in [-0.39, 0.29) is 64.5 Å². The summed E-state index contributed by atoms with van der Waals surface area (Å²) in [4.78, 5) is 51.1. The van der Waals surface area contributed by atoms with Crippen molar-refractivity contribution in [2.45, 2.75) is 37.6 Å². The van der Waals surface area contributed by atoms with Crippen molar-refractivity contribution in [1.29, 1.82) is 0 Å². The second kappa shape index (κ2) is 12.7. The highest BCUT2D eigenvalue weighted by Gasteiger charge is 2.32. The molecule has 1 saturated heterocycles. The average Bonchev–Trinajstić information content (AvgIpc) is 3.03. The number of hydrogen-bond donors (Lipinski definition) is 0. The molecule has 4 aromatic rings. The van der Waals surface area contributed by atoms with Gasteiger partial charge in [0.15, 0.2) is 21.3 Å². The fraction of sp³-hybridized carbons (Fsp3) is 0.303. The number of rotatable bonds is 7. The van der Waals surface area contributed by atoms with Gasteiger partial charge in [-0.25, -0.2) is 36.3 Å². The molecule has 11 nitrogen and oxygen atoms in total. The highest BCUT2D eigenvalue weighted by Crippen LogP contribution is 2.36. The van der Waals surface area contributed by atoms with E-state index in [2.05, 4.69) is 16.5 Å². The number of anilines is 1. The Kier molecular flexibility index (Phi) is 9.00. The smallest absolute Gasteiger partial charge is 0.355 e. The number of carbonyl (C=O) groups is 2. The van der Waals surface area contributed by atoms with E-state index in [1.807, 2.05) is 13.8 Å². The van der Waals surface area contributed by atoms with Crippen molar-refractivity contribution in [1.82, 2.24) is 19.4 Å². The molecule has 0 unspecified atom stereocenters. The first-order valence-electron chi connectivity index (χ1n) is 14.7. The molecule has 5 rings (SSSR count). The summed E-state index contributed by atoms with van der Waals surface area (Å²) in [5, 5.41) is 0.0233. The molecule has 1 aliphatic rings. The summed E-state index contributed by atoms with van der Waals surface area (Å²) in [6.07, 6.45) is 2.20. The zero-order chi connectivity index (χ0) is 34.4. The lowest BCUT2D eigenvalue weighted by molar-refractivity contribution is -0.126. The SMILES string of the molecule is C=CC(=O)N1CCN(c2nc(=O)n(-c3c(C(C)C)cccc3S(C)(=O)=O)c3nc(-c4c(F)cccc4C(=O)OC)c(F)cc23)[C@@H](C)C1. The molecule has 47 heavy (non-hydrogen) atoms. The number of ether oxygens (including phenoxy) is 1. The lowest BCUT2D eigenvalue weighted by Crippen LogP contribution is -2.54. The molecule has 2 aromatic carbocycles. The summed E-state index contributed by atoms with van der Waals surface area (Å²) in [5.74, 6) is -3.47. The lowest BCUT2D eigenvalue weighted by atomic mass is 10.0. The molecule has 3 heterocycles. The van der Waals surface area contributed by atoms with Crippen molar-refractivity contribution in [2.24, 2.45) is 0 Å². The first kappa shape index (κ1) is 33.4. The zero-order valence-electron chi connectivity index (χ0n) is 26.5. The van der Waals surface area contributed by atoms with Gasteiger partial charge in [-0.3, -0.25) is 4.79 Å². The Bertz CT molecular complexity index is 2120. The minimum atomic E-state index is -3.94. The van der Waals surface area contributed by atoms with Crippen LogP contribution in [0.25, 0.3) is 28.0 Å². The van der Waals surface area contributed by atoms with Gasteiger partial charge in [-0.2, -0.15) is 4.98 Å². The number of sulfone groups is 1. The minimum absolute atomic E-state index is 0.0233. The van der Waals surface area contributed by atoms with Crippen LogP contribution in [0.15, 0.2) is 64.8 Å². The van der Waals surface area contributed by atoms with Crippen LogP contribution in [0, 0.1) is 11.6 Å². The molecular formula is C33H33F2N5O6S. The van der Waals surface area contributed by atoms with Crippen LogP contribution >= 0.6 is 0 Å². The number of fused-ring (bicyclic) bond motifs is 1. The molecule has 1 atom stereocenters. The summed E-state index contributed by atoms with van der Waals surface area (Å²) < 4.78 is 63.6. The molecule has 0 spiro atoms. The van der Waals surface area contributed by atoms with E-state index in [0.717, 1.165) is 30.1 Å². The second-order valence-corrected chi connectivity index (χ2v) is 13.5. The number of pyridine rings is 1. The monoisotopic (exact) mass is 665 g/mol. The number of carbonyl (C=O) groups excluding carboxylic acids is 2. The molecule has 0 bridgehead atoms. The van der Waals surface area contributed by atoms with Gasteiger partial charge in [-0.1, -0.05) is 38.6 Å². The molecular weight excluding hydrogens is 632 g/mol. The number of methoxy groups -OCH3 is 1. The maximum Gasteiger partial charge on any atom is 0.355 e. The van der Waals surface area contributed by atoms with Crippen molar-refractivity contribution in [3.8, 4) is 16.9 Å². The molecule has 246 valence electrons. The number of piperazine rings is 1. The number of amides is 1. The number of hydrogen-bond acceptors (Lipinski definition) is 9. The van der Waals surface area contributed by atoms with Crippen LogP contribution in [0.4, 0.5) is 14.6 Å². The van der Waals surface area contributed by atoms with Crippen molar-refractivity contribution >= 4 is 38.6 Å². The highest BCUT2D eigenvalue weighted by molar-refractivity contribution is 7.90. The first-order chi connectivity index (χ1) is 22.2. The van der Waals surface area contributed by atoms with Gasteiger partial charge < -0.3 is 14.5 Å². The quantitative estimate of drug-likeness (QED) is 0.210. The Morgan fingerprint density at radius 1 is 1.09 bits per heavy atom. The Morgan fingerprint density at radius 2 is 1.79 bits per heavy atom. The topological polar surface area (TPSA) is 132 Å². The predicted molar refractivity (Wildman–Crippen MR) is 173 cm³/mol. The predicted octanol–water partition coefficient (Wildman–Crippen LogP) is 4.26. The molecule has 1 fully saturated rings. The van der Waals surface area contributed by atoms with Gasteiger partial charge in [-0.05, 0) is 48.7 Å². The number of aromatic nitrogens is 3. The van der Waals surface area contributed by atoms with Crippen LogP contribution in [0.3, 0.4) is 0 Å². The van der Waals surface area contributed by atoms with Gasteiger partial charge in [0, 0.05) is 31.9 Å². The lowest BCUT2D eigenvalue weighted by Gasteiger charge is -2.40. The van der Waals surface area contributed by atoms with Gasteiger partial charge in [0.1, 0.15) is 17.3 Å². The van der Waals surface area contributed by atoms with E-state index in [1.165, 1.54) is 24.3 Å². The fourth-order valence-electron chi connectivity index (χ4n) is 5.89. The summed E-state index contributed by atoms with van der Waals surface area (Å²) in [6, 6.07) is 8.74. The van der Waals surface area contributed by atoms with E-state index < -0.39 is 50.4 Å². The van der Waals surface area contributed by atoms with E-state index in [0.29, 0.717) is 5.56 Å². The van der Waals surface area contributed by atoms with Gasteiger partial charge >= 0.3 is 11.7 Å². The number of nitrogens with zero attached hydrogens (tertiary/aromatic N) is 5. The molecule has 2 aromatic heterocycles. The Balaban J connectivity index is 1.92. The van der Waals surface area contributed by atoms with Gasteiger partial charge in [-0.15, -0.1) is 0 Å². The molecule has 0 N–H and O–H groups in total. The normalized spacial score (nSPS) is 15.3. The fourth-order valence-corrected chi connectivity index (χ4v) is 6.78. The first-order valence-corrected chi connectivity index (χ1v) is 16.6. The molecule has 1 aliphatic heterocycles. The van der Waals surface area contributed by atoms with Crippen LogP contribution in [0.1, 0.15) is 42.6 Å². The summed E-state index contributed by atoms with van der Waals surface area (Å²) in [6.45, 7) is 9.67. The summed E-state index contributed by atoms with van der Waals surface area (Å²) in [7, 11) is -2.85. The van der Waals surface area contributed by atoms with E-state index in [9.17, 15) is 22.8 Å². The molecule has 0 radical (unpaired) electrons. The Morgan fingerprint density at radius 3 is 2.40 bits per heavy atom. The summed E-state index contributed by atoms with van der Waals surface area (Å²) in [5.41, 5.74) is -2.11. The maximum atomic E-state index is 16.2. The number of para-hydroxylation sites is 1. The van der Waals surface area contributed by atoms with Crippen LogP contribution in [0.2, 0.25) is 0 Å². The highest BCUT2D eigenvalue weighted by atomic mass is 32.2. The molecule has 14 heteroatoms. The van der Waals surface area contributed by atoms with Crippen LogP contribution in [-0.4, -0.2) is 78.8 Å². The van der Waals surface area contributed by atoms with E-state index in [1.54, 1.807) is 28.9 Å². The second-order valence-electron chi connectivity index (χ2n) is 11.5. The van der Waals surface area contributed by atoms with E-state index in [4.69, 9.17) is 4.74 Å². The van der Waals surface area contributed by atoms with E-state index >= 15 is 8.78 Å². The zero-order valence-corrected chi connectivity index (χ0v) is 27.3. The molecule has 0 saturated carbocycles. The van der Waals surface area contributed by atoms with Gasteiger partial charge in [0.05, 0.1) is 34.2 Å². The minimum Gasteiger partial charge on any atom is -0.465 e. The third-order valence-electron chi connectivity index (χ3n) is 8.12. The number of esters is 1. The van der Waals surface area contributed by atoms with Crippen LogP contribution in [0.5, 0.6) is 0 Å². The molecule has 1 amide bonds. The number of halogens is 2. The standard InChI is InChI=1S/C33H33F2N5O6S/c1-7-26(41)38-14-15-39(19(4)17-38)30-22-16-24(35)28(27-21(32(42)46-5)11-8-12-23(27)34)36-31(22)40(33(43)37-30)29-20(18(2)3)10-9-13-25(29)47(6,44)45/h7-13,16,18-19H,1,14-15,17H2,2-6H3/t19-/m0/s1. The van der Waals surface area contributed by atoms with Crippen molar-refractivity contribution in [2.75, 3.05) is 37.9 Å². The van der Waals surface area contributed by atoms with Gasteiger partial charge in [0.2, 0.25) is 5.91 Å². The van der Waals surface area contributed by atoms with Crippen molar-refractivity contribution in [3.05, 3.63) is 88.4 Å². The van der Waals surface area contributed by atoms with Crippen molar-refractivity contribution in [3.63, 3.8) is 0 Å². The van der Waals surface area contributed by atoms with Crippen LogP contribution in [-0.2, 0) is 19.4 Å². The largest absolute Gasteiger partial charge is 0.465 e. The maximum absolute atomic E-state index is 16.2. The Labute approximate surface area is 270 Å². The van der Waals surface area contributed by atoms with Crippen molar-refractivity contribution < 1.29 is 31.5 Å².